The first-order valence-electron chi connectivity index (χ1n) is 11.7. The lowest BCUT2D eigenvalue weighted by atomic mass is 9.49. The van der Waals surface area contributed by atoms with E-state index < -0.39 is 5.97 Å². The van der Waals surface area contributed by atoms with E-state index in [0.29, 0.717) is 17.8 Å². The van der Waals surface area contributed by atoms with Crippen molar-refractivity contribution >= 4 is 29.3 Å². The first-order valence-corrected chi connectivity index (χ1v) is 12.6. The molecule has 4 bridgehead atoms. The van der Waals surface area contributed by atoms with Crippen LogP contribution in [-0.4, -0.2) is 39.5 Å². The predicted octanol–water partition coefficient (Wildman–Crippen LogP) is 4.45. The maximum absolute atomic E-state index is 12.6. The van der Waals surface area contributed by atoms with E-state index in [2.05, 4.69) is 26.7 Å². The number of nitrogens with zero attached hydrogens (tertiary/aromatic N) is 3. The Labute approximate surface area is 198 Å². The summed E-state index contributed by atoms with van der Waals surface area (Å²) in [5.41, 5.74) is 1.22. The fraction of sp³-hybridized carbons (Fsp3) is 0.520. The van der Waals surface area contributed by atoms with Crippen molar-refractivity contribution in [2.45, 2.75) is 55.6 Å². The molecule has 8 heteroatoms. The van der Waals surface area contributed by atoms with Crippen LogP contribution in [0.1, 0.15) is 54.7 Å². The number of hydrogen-bond donors (Lipinski definition) is 1. The Morgan fingerprint density at radius 1 is 1.15 bits per heavy atom. The molecule has 1 N–H and O–H groups in total. The number of methoxy groups -OCH3 is 1. The summed E-state index contributed by atoms with van der Waals surface area (Å²) >= 11 is 1.41. The van der Waals surface area contributed by atoms with Crippen molar-refractivity contribution in [2.75, 3.05) is 18.2 Å². The Morgan fingerprint density at radius 2 is 1.79 bits per heavy atom. The molecule has 4 aliphatic rings. The highest BCUT2D eigenvalue weighted by Crippen LogP contribution is 2.60. The number of thioether (sulfide) groups is 1. The predicted molar refractivity (Wildman–Crippen MR) is 127 cm³/mol. The molecule has 4 aliphatic carbocycles. The molecule has 1 aromatic heterocycles. The molecular weight excluding hydrogens is 436 g/mol. The molecule has 0 atom stereocenters. The third-order valence-corrected chi connectivity index (χ3v) is 8.43. The number of esters is 1. The molecule has 0 aliphatic heterocycles. The zero-order chi connectivity index (χ0) is 23.0. The lowest BCUT2D eigenvalue weighted by molar-refractivity contribution is -0.113. The van der Waals surface area contributed by atoms with Crippen molar-refractivity contribution in [1.82, 2.24) is 14.8 Å². The second-order valence-corrected chi connectivity index (χ2v) is 10.8. The van der Waals surface area contributed by atoms with Crippen LogP contribution in [0.5, 0.6) is 0 Å². The summed E-state index contributed by atoms with van der Waals surface area (Å²) in [5, 5.41) is 12.8. The fourth-order valence-electron chi connectivity index (χ4n) is 6.60. The van der Waals surface area contributed by atoms with E-state index in [1.165, 1.54) is 57.4 Å². The van der Waals surface area contributed by atoms with Crippen LogP contribution in [0.2, 0.25) is 0 Å². The molecule has 4 fully saturated rings. The maximum Gasteiger partial charge on any atom is 0.337 e. The average molecular weight is 467 g/mol. The Kier molecular flexibility index (Phi) is 6.03. The number of carbonyl (C=O) groups excluding carboxylic acids is 2. The lowest BCUT2D eigenvalue weighted by Crippen LogP contribution is -2.49. The minimum absolute atomic E-state index is 0.129. The van der Waals surface area contributed by atoms with Gasteiger partial charge < -0.3 is 14.6 Å². The number of rotatable bonds is 8. The number of benzene rings is 1. The summed E-state index contributed by atoms with van der Waals surface area (Å²) in [7, 11) is 1.34. The van der Waals surface area contributed by atoms with Crippen LogP contribution >= 0.6 is 11.8 Å². The van der Waals surface area contributed by atoms with Gasteiger partial charge in [-0.15, -0.1) is 16.8 Å². The van der Waals surface area contributed by atoms with Crippen molar-refractivity contribution < 1.29 is 14.3 Å². The number of anilines is 1. The highest BCUT2D eigenvalue weighted by molar-refractivity contribution is 7.99. The number of allylic oxidation sites excluding steroid dienone is 1. The average Bonchev–Trinajstić information content (AvgIpc) is 3.20. The van der Waals surface area contributed by atoms with Crippen LogP contribution in [0.15, 0.2) is 42.1 Å². The van der Waals surface area contributed by atoms with E-state index in [9.17, 15) is 9.59 Å². The van der Waals surface area contributed by atoms with Crippen LogP contribution < -0.4 is 5.32 Å². The van der Waals surface area contributed by atoms with Crippen LogP contribution in [0.4, 0.5) is 5.69 Å². The third-order valence-electron chi connectivity index (χ3n) is 7.46. The fourth-order valence-corrected chi connectivity index (χ4v) is 7.35. The van der Waals surface area contributed by atoms with Crippen LogP contribution in [0.25, 0.3) is 0 Å². The summed E-state index contributed by atoms with van der Waals surface area (Å²) in [6.45, 7) is 4.60. The smallest absolute Gasteiger partial charge is 0.337 e. The molecule has 1 heterocycles. The zero-order valence-corrected chi connectivity index (χ0v) is 19.8. The van der Waals surface area contributed by atoms with E-state index in [-0.39, 0.29) is 17.1 Å². The number of ether oxygens (including phenoxy) is 1. The van der Waals surface area contributed by atoms with Crippen LogP contribution in [-0.2, 0) is 21.5 Å². The van der Waals surface area contributed by atoms with Gasteiger partial charge in [-0.2, -0.15) is 0 Å². The minimum Gasteiger partial charge on any atom is -0.465 e. The van der Waals surface area contributed by atoms with E-state index in [4.69, 9.17) is 4.74 Å². The number of amides is 1. The molecule has 0 saturated heterocycles. The molecule has 0 radical (unpaired) electrons. The molecule has 174 valence electrons. The van der Waals surface area contributed by atoms with Crippen molar-refractivity contribution in [3.63, 3.8) is 0 Å². The summed E-state index contributed by atoms with van der Waals surface area (Å²) in [6, 6.07) is 6.65. The molecule has 6 rings (SSSR count). The molecule has 2 aromatic rings. The van der Waals surface area contributed by atoms with E-state index in [0.717, 1.165) is 28.7 Å². The van der Waals surface area contributed by atoms with Gasteiger partial charge in [0, 0.05) is 17.6 Å². The van der Waals surface area contributed by atoms with Gasteiger partial charge in [0.15, 0.2) is 5.16 Å². The van der Waals surface area contributed by atoms with Gasteiger partial charge >= 0.3 is 5.97 Å². The van der Waals surface area contributed by atoms with Crippen LogP contribution in [0.3, 0.4) is 0 Å². The van der Waals surface area contributed by atoms with Gasteiger partial charge in [-0.25, -0.2) is 4.79 Å². The summed E-state index contributed by atoms with van der Waals surface area (Å²) in [5.74, 6) is 3.29. The normalized spacial score (nSPS) is 27.4. The van der Waals surface area contributed by atoms with E-state index in [1.54, 1.807) is 24.3 Å². The van der Waals surface area contributed by atoms with Gasteiger partial charge in [-0.1, -0.05) is 17.8 Å². The molecule has 33 heavy (non-hydrogen) atoms. The first-order chi connectivity index (χ1) is 16.0. The van der Waals surface area contributed by atoms with Crippen molar-refractivity contribution in [3.05, 3.63) is 48.3 Å². The molecule has 4 saturated carbocycles. The van der Waals surface area contributed by atoms with Gasteiger partial charge in [0.05, 0.1) is 18.4 Å². The molecule has 0 spiro atoms. The zero-order valence-electron chi connectivity index (χ0n) is 19.0. The molecule has 1 aromatic carbocycles. The van der Waals surface area contributed by atoms with Crippen molar-refractivity contribution in [1.29, 1.82) is 0 Å². The van der Waals surface area contributed by atoms with E-state index in [1.807, 2.05) is 6.08 Å². The molecule has 7 nitrogen and oxygen atoms in total. The monoisotopic (exact) mass is 466 g/mol. The number of hydrogen-bond acceptors (Lipinski definition) is 6. The SMILES string of the molecule is C=CCn1c(SCC(=O)Nc2ccc(C(=O)OC)cc2)nnc1C12CC3CC(CC(C3)C1)C2. The van der Waals surface area contributed by atoms with E-state index >= 15 is 0 Å². The van der Waals surface area contributed by atoms with Gasteiger partial charge in [-0.3, -0.25) is 4.79 Å². The largest absolute Gasteiger partial charge is 0.465 e. The Balaban J connectivity index is 1.27. The second-order valence-electron chi connectivity index (χ2n) is 9.81. The molecular formula is C25H30N4O3S. The Hall–Kier alpha value is -2.61. The summed E-state index contributed by atoms with van der Waals surface area (Å²) in [6.07, 6.45) is 9.72. The second kappa shape index (κ2) is 8.97. The molecule has 0 unspecified atom stereocenters. The van der Waals surface area contributed by atoms with Gasteiger partial charge in [-0.05, 0) is 80.5 Å². The van der Waals surface area contributed by atoms with Gasteiger partial charge in [0.1, 0.15) is 5.82 Å². The Morgan fingerprint density at radius 3 is 2.36 bits per heavy atom. The highest BCUT2D eigenvalue weighted by atomic mass is 32.2. The standard InChI is InChI=1S/C25H30N4O3S/c1-3-8-29-23(25-12-16-9-17(13-25)11-18(10-16)14-25)27-28-24(29)33-15-21(30)26-20-6-4-19(5-7-20)22(31)32-2/h3-7,16-18H,1,8-15H2,2H3,(H,26,30). The van der Waals surface area contributed by atoms with Gasteiger partial charge in [0.25, 0.3) is 0 Å². The third kappa shape index (κ3) is 4.33. The summed E-state index contributed by atoms with van der Waals surface area (Å²) in [4.78, 5) is 24.1. The molecule has 1 amide bonds. The number of aromatic nitrogens is 3. The lowest BCUT2D eigenvalue weighted by Gasteiger charge is -2.56. The quantitative estimate of drug-likeness (QED) is 0.351. The topological polar surface area (TPSA) is 86.1 Å². The van der Waals surface area contributed by atoms with Crippen LogP contribution in [0, 0.1) is 17.8 Å². The van der Waals surface area contributed by atoms with Gasteiger partial charge in [0.2, 0.25) is 5.91 Å². The highest BCUT2D eigenvalue weighted by Gasteiger charge is 2.53. The number of nitrogens with one attached hydrogen (secondary N) is 1. The number of carbonyl (C=O) groups is 2. The maximum atomic E-state index is 12.6. The summed E-state index contributed by atoms with van der Waals surface area (Å²) < 4.78 is 6.89. The van der Waals surface area contributed by atoms with Crippen molar-refractivity contribution in [2.24, 2.45) is 17.8 Å². The Bertz CT molecular complexity index is 1030. The van der Waals surface area contributed by atoms with Crippen molar-refractivity contribution in [3.8, 4) is 0 Å². The minimum atomic E-state index is -0.403. The first kappa shape index (κ1) is 22.2.